The lowest BCUT2D eigenvalue weighted by molar-refractivity contribution is 0.685. The minimum Gasteiger partial charge on any atom is -0.256 e. The lowest BCUT2D eigenvalue weighted by atomic mass is 9.85. The zero-order valence-electron chi connectivity index (χ0n) is 10.9. The maximum atomic E-state index is 4.53. The maximum Gasteiger partial charge on any atom is 0.0704 e. The largest absolute Gasteiger partial charge is 0.256 e. The molecule has 0 aliphatic heterocycles. The van der Waals surface area contributed by atoms with E-state index in [0.717, 1.165) is 12.1 Å². The third-order valence-electron chi connectivity index (χ3n) is 3.87. The van der Waals surface area contributed by atoms with Gasteiger partial charge in [0, 0.05) is 11.8 Å². The summed E-state index contributed by atoms with van der Waals surface area (Å²) in [5.41, 5.74) is 7.03. The van der Waals surface area contributed by atoms with E-state index in [1.165, 1.54) is 42.4 Å². The van der Waals surface area contributed by atoms with Crippen LogP contribution in [-0.4, -0.2) is 4.98 Å². The van der Waals surface area contributed by atoms with Crippen LogP contribution in [0, 0.1) is 0 Å². The molecule has 1 heterocycles. The van der Waals surface area contributed by atoms with Gasteiger partial charge in [0.15, 0.2) is 0 Å². The number of nitrogens with zero attached hydrogens (tertiary/aromatic N) is 1. The summed E-state index contributed by atoms with van der Waals surface area (Å²) in [7, 11) is 0. The summed E-state index contributed by atoms with van der Waals surface area (Å²) in [6.07, 6.45) is 8.10. The summed E-state index contributed by atoms with van der Waals surface area (Å²) in [5.74, 6) is 0. The molecule has 0 saturated heterocycles. The van der Waals surface area contributed by atoms with Crippen LogP contribution < -0.4 is 0 Å². The van der Waals surface area contributed by atoms with E-state index in [9.17, 15) is 0 Å². The van der Waals surface area contributed by atoms with Crippen LogP contribution in [0.25, 0.3) is 11.3 Å². The molecule has 2 aromatic rings. The molecule has 3 rings (SSSR count). The second-order valence-corrected chi connectivity index (χ2v) is 5.06. The van der Waals surface area contributed by atoms with E-state index in [2.05, 4.69) is 36.2 Å². The van der Waals surface area contributed by atoms with Gasteiger partial charge in [-0.25, -0.2) is 0 Å². The van der Waals surface area contributed by atoms with Crippen molar-refractivity contribution in [1.29, 1.82) is 0 Å². The van der Waals surface area contributed by atoms with E-state index in [0.29, 0.717) is 0 Å². The van der Waals surface area contributed by atoms with Gasteiger partial charge < -0.3 is 0 Å². The van der Waals surface area contributed by atoms with Crippen LogP contribution in [0.4, 0.5) is 0 Å². The van der Waals surface area contributed by atoms with Crippen LogP contribution in [0.2, 0.25) is 0 Å². The Morgan fingerprint density at radius 3 is 2.78 bits per heavy atom. The van der Waals surface area contributed by atoms with Crippen molar-refractivity contribution in [2.24, 2.45) is 0 Å². The molecule has 0 amide bonds. The zero-order chi connectivity index (χ0) is 12.4. The Kier molecular flexibility index (Phi) is 3.14. The molecule has 92 valence electrons. The predicted octanol–water partition coefficient (Wildman–Crippen LogP) is 4.19. The maximum absolute atomic E-state index is 4.53. The molecule has 1 aromatic heterocycles. The number of aromatic nitrogens is 1. The van der Waals surface area contributed by atoms with Crippen molar-refractivity contribution in [3.63, 3.8) is 0 Å². The summed E-state index contributed by atoms with van der Waals surface area (Å²) >= 11 is 0. The molecule has 0 N–H and O–H groups in total. The van der Waals surface area contributed by atoms with E-state index >= 15 is 0 Å². The first-order chi connectivity index (χ1) is 8.88. The van der Waals surface area contributed by atoms with Gasteiger partial charge in [-0.2, -0.15) is 0 Å². The fourth-order valence-corrected chi connectivity index (χ4v) is 2.89. The van der Waals surface area contributed by atoms with Crippen LogP contribution in [0.3, 0.4) is 0 Å². The zero-order valence-corrected chi connectivity index (χ0v) is 10.9. The lowest BCUT2D eigenvalue weighted by Crippen LogP contribution is -2.06. The molecular formula is C17H19N. The number of fused-ring (bicyclic) bond motifs is 1. The number of hydrogen-bond donors (Lipinski definition) is 0. The third kappa shape index (κ3) is 2.05. The minimum atomic E-state index is 1.10. The molecule has 0 fully saturated rings. The Balaban J connectivity index is 2.18. The first-order valence-corrected chi connectivity index (χ1v) is 6.94. The highest BCUT2D eigenvalue weighted by Gasteiger charge is 2.15. The van der Waals surface area contributed by atoms with E-state index in [1.807, 2.05) is 12.3 Å². The van der Waals surface area contributed by atoms with E-state index in [4.69, 9.17) is 0 Å². The summed E-state index contributed by atoms with van der Waals surface area (Å²) in [4.78, 5) is 4.53. The fraction of sp³-hybridized carbons (Fsp3) is 0.353. The highest BCUT2D eigenvalue weighted by molar-refractivity contribution is 5.67. The number of rotatable bonds is 2. The smallest absolute Gasteiger partial charge is 0.0704 e. The number of benzene rings is 1. The van der Waals surface area contributed by atoms with Gasteiger partial charge in [0.2, 0.25) is 0 Å². The Hall–Kier alpha value is -1.63. The Labute approximate surface area is 109 Å². The molecule has 1 heteroatoms. The molecule has 1 aromatic carbocycles. The lowest BCUT2D eigenvalue weighted by Gasteiger charge is -2.20. The van der Waals surface area contributed by atoms with Crippen LogP contribution in [0.1, 0.15) is 36.5 Å². The highest BCUT2D eigenvalue weighted by Crippen LogP contribution is 2.32. The van der Waals surface area contributed by atoms with Crippen LogP contribution in [-0.2, 0) is 19.3 Å². The Bertz CT molecular complexity index is 543. The van der Waals surface area contributed by atoms with E-state index in [-0.39, 0.29) is 0 Å². The molecule has 0 atom stereocenters. The molecule has 0 spiro atoms. The van der Waals surface area contributed by atoms with Crippen molar-refractivity contribution in [3.05, 3.63) is 53.2 Å². The van der Waals surface area contributed by atoms with Crippen molar-refractivity contribution in [1.82, 2.24) is 4.98 Å². The summed E-state index contributed by atoms with van der Waals surface area (Å²) in [6.45, 7) is 2.23. The van der Waals surface area contributed by atoms with Gasteiger partial charge in [-0.05, 0) is 67.0 Å². The van der Waals surface area contributed by atoms with Crippen LogP contribution >= 0.6 is 0 Å². The summed E-state index contributed by atoms with van der Waals surface area (Å²) in [6, 6.07) is 10.9. The molecule has 0 saturated carbocycles. The number of hydrogen-bond acceptors (Lipinski definition) is 1. The summed E-state index contributed by atoms with van der Waals surface area (Å²) < 4.78 is 0. The SMILES string of the molecule is CCc1cc2c(c(-c3ccccn3)c1)CCCC2. The summed E-state index contributed by atoms with van der Waals surface area (Å²) in [5, 5.41) is 0. The Morgan fingerprint density at radius 2 is 2.00 bits per heavy atom. The predicted molar refractivity (Wildman–Crippen MR) is 75.7 cm³/mol. The van der Waals surface area contributed by atoms with Gasteiger partial charge in [0.05, 0.1) is 5.69 Å². The molecule has 1 nitrogen and oxygen atoms in total. The quantitative estimate of drug-likeness (QED) is 0.763. The van der Waals surface area contributed by atoms with Gasteiger partial charge in [-0.3, -0.25) is 4.98 Å². The number of aryl methyl sites for hydroxylation is 2. The van der Waals surface area contributed by atoms with E-state index < -0.39 is 0 Å². The second-order valence-electron chi connectivity index (χ2n) is 5.06. The average Bonchev–Trinajstić information content (AvgIpc) is 2.47. The molecule has 0 radical (unpaired) electrons. The molecule has 0 bridgehead atoms. The van der Waals surface area contributed by atoms with Crippen molar-refractivity contribution < 1.29 is 0 Å². The Morgan fingerprint density at radius 1 is 1.11 bits per heavy atom. The van der Waals surface area contributed by atoms with Crippen LogP contribution in [0.15, 0.2) is 36.5 Å². The average molecular weight is 237 g/mol. The first kappa shape index (κ1) is 11.5. The molecule has 1 aliphatic carbocycles. The van der Waals surface area contributed by atoms with Crippen molar-refractivity contribution in [2.45, 2.75) is 39.0 Å². The van der Waals surface area contributed by atoms with Gasteiger partial charge in [-0.1, -0.05) is 19.1 Å². The van der Waals surface area contributed by atoms with Gasteiger partial charge in [0.25, 0.3) is 0 Å². The van der Waals surface area contributed by atoms with Crippen molar-refractivity contribution in [3.8, 4) is 11.3 Å². The number of pyridine rings is 1. The first-order valence-electron chi connectivity index (χ1n) is 6.94. The molecule has 0 unspecified atom stereocenters. The van der Waals surface area contributed by atoms with Crippen molar-refractivity contribution >= 4 is 0 Å². The van der Waals surface area contributed by atoms with E-state index in [1.54, 1.807) is 5.56 Å². The molecular weight excluding hydrogens is 218 g/mol. The third-order valence-corrected chi connectivity index (χ3v) is 3.87. The van der Waals surface area contributed by atoms with Crippen LogP contribution in [0.5, 0.6) is 0 Å². The fourth-order valence-electron chi connectivity index (χ4n) is 2.89. The second kappa shape index (κ2) is 4.93. The monoisotopic (exact) mass is 237 g/mol. The standard InChI is InChI=1S/C17H19N/c1-2-13-11-14-7-3-4-8-15(14)16(12-13)17-9-5-6-10-18-17/h5-6,9-12H,2-4,7-8H2,1H3. The van der Waals surface area contributed by atoms with Gasteiger partial charge >= 0.3 is 0 Å². The van der Waals surface area contributed by atoms with Crippen molar-refractivity contribution in [2.75, 3.05) is 0 Å². The normalized spacial score (nSPS) is 14.3. The van der Waals surface area contributed by atoms with Gasteiger partial charge in [-0.15, -0.1) is 0 Å². The topological polar surface area (TPSA) is 12.9 Å². The highest BCUT2D eigenvalue weighted by atomic mass is 14.7. The van der Waals surface area contributed by atoms with Gasteiger partial charge in [0.1, 0.15) is 0 Å². The molecule has 18 heavy (non-hydrogen) atoms. The molecule has 1 aliphatic rings. The minimum absolute atomic E-state index is 1.10.